The zero-order chi connectivity index (χ0) is 7.28. The van der Waals surface area contributed by atoms with Gasteiger partial charge in [-0.15, -0.1) is 0 Å². The van der Waals surface area contributed by atoms with Crippen LogP contribution in [0.2, 0.25) is 0 Å². The van der Waals surface area contributed by atoms with Gasteiger partial charge in [0.1, 0.15) is 0 Å². The fourth-order valence-electron chi connectivity index (χ4n) is 0.348. The molecule has 0 radical (unpaired) electrons. The highest BCUT2D eigenvalue weighted by Crippen LogP contribution is 2.02. The molecule has 0 spiro atoms. The van der Waals surface area contributed by atoms with Gasteiger partial charge >= 0.3 is 0 Å². The van der Waals surface area contributed by atoms with Gasteiger partial charge in [-0.2, -0.15) is 11.8 Å². The standard InChI is InChI=1S/C6H11NOS/c1-5(6(7)8)3-4-9-2/h1,3-4H2,2H3,(H2,7,8). The van der Waals surface area contributed by atoms with E-state index in [1.54, 1.807) is 11.8 Å². The average molecular weight is 145 g/mol. The molecule has 2 N–H and O–H groups in total. The first kappa shape index (κ1) is 8.56. The Morgan fingerprint density at radius 3 is 2.67 bits per heavy atom. The molecule has 0 rings (SSSR count). The molecule has 0 aliphatic carbocycles. The van der Waals surface area contributed by atoms with E-state index >= 15 is 0 Å². The molecule has 0 saturated carbocycles. The number of carbonyl (C=O) groups excluding carboxylic acids is 1. The van der Waals surface area contributed by atoms with Crippen molar-refractivity contribution in [1.82, 2.24) is 0 Å². The largest absolute Gasteiger partial charge is 0.366 e. The monoisotopic (exact) mass is 145 g/mol. The summed E-state index contributed by atoms with van der Waals surface area (Å²) in [6, 6.07) is 0. The van der Waals surface area contributed by atoms with Gasteiger partial charge in [0.15, 0.2) is 0 Å². The molecular weight excluding hydrogens is 134 g/mol. The van der Waals surface area contributed by atoms with E-state index in [1.165, 1.54) is 0 Å². The highest BCUT2D eigenvalue weighted by atomic mass is 32.2. The van der Waals surface area contributed by atoms with Gasteiger partial charge in [0.2, 0.25) is 5.91 Å². The summed E-state index contributed by atoms with van der Waals surface area (Å²) in [5, 5.41) is 0. The fourth-order valence-corrected chi connectivity index (χ4v) is 0.799. The minimum atomic E-state index is -0.385. The van der Waals surface area contributed by atoms with E-state index < -0.39 is 0 Å². The van der Waals surface area contributed by atoms with Crippen LogP contribution in [0.25, 0.3) is 0 Å². The van der Waals surface area contributed by atoms with Crippen LogP contribution in [0.1, 0.15) is 6.42 Å². The van der Waals surface area contributed by atoms with Gasteiger partial charge in [0, 0.05) is 5.57 Å². The minimum Gasteiger partial charge on any atom is -0.366 e. The van der Waals surface area contributed by atoms with Crippen molar-refractivity contribution < 1.29 is 4.79 Å². The minimum absolute atomic E-state index is 0.385. The molecular formula is C6H11NOS. The predicted octanol–water partition coefficient (Wildman–Crippen LogP) is 0.781. The summed E-state index contributed by atoms with van der Waals surface area (Å²) in [5.41, 5.74) is 5.45. The van der Waals surface area contributed by atoms with Gasteiger partial charge in [-0.3, -0.25) is 4.79 Å². The van der Waals surface area contributed by atoms with Gasteiger partial charge in [-0.1, -0.05) is 6.58 Å². The maximum Gasteiger partial charge on any atom is 0.244 e. The van der Waals surface area contributed by atoms with E-state index in [-0.39, 0.29) is 5.91 Å². The van der Waals surface area contributed by atoms with Crippen LogP contribution in [0.5, 0.6) is 0 Å². The maximum atomic E-state index is 10.3. The Labute approximate surface area is 59.5 Å². The quantitative estimate of drug-likeness (QED) is 0.594. The summed E-state index contributed by atoms with van der Waals surface area (Å²) in [6.45, 7) is 3.50. The molecule has 0 fully saturated rings. The molecule has 3 heteroatoms. The normalized spacial score (nSPS) is 9.00. The Morgan fingerprint density at radius 2 is 2.33 bits per heavy atom. The molecule has 0 aromatic carbocycles. The van der Waals surface area contributed by atoms with E-state index in [9.17, 15) is 4.79 Å². The summed E-state index contributed by atoms with van der Waals surface area (Å²) >= 11 is 1.68. The topological polar surface area (TPSA) is 43.1 Å². The summed E-state index contributed by atoms with van der Waals surface area (Å²) in [4.78, 5) is 10.3. The number of thioether (sulfide) groups is 1. The van der Waals surface area contributed by atoms with E-state index in [2.05, 4.69) is 6.58 Å². The number of rotatable bonds is 4. The van der Waals surface area contributed by atoms with Crippen LogP contribution in [0.15, 0.2) is 12.2 Å². The van der Waals surface area contributed by atoms with Gasteiger partial charge in [0.25, 0.3) is 0 Å². The summed E-state index contributed by atoms with van der Waals surface area (Å²) < 4.78 is 0. The average Bonchev–Trinajstić information content (AvgIpc) is 1.82. The molecule has 0 unspecified atom stereocenters. The number of nitrogens with two attached hydrogens (primary N) is 1. The first-order chi connectivity index (χ1) is 4.18. The number of hydrogen-bond acceptors (Lipinski definition) is 2. The molecule has 0 aliphatic heterocycles. The third-order valence-electron chi connectivity index (χ3n) is 0.956. The number of carbonyl (C=O) groups is 1. The predicted molar refractivity (Wildman–Crippen MR) is 41.3 cm³/mol. The summed E-state index contributed by atoms with van der Waals surface area (Å²) in [7, 11) is 0. The summed E-state index contributed by atoms with van der Waals surface area (Å²) in [6.07, 6.45) is 2.69. The van der Waals surface area contributed by atoms with Crippen molar-refractivity contribution in [2.24, 2.45) is 5.73 Å². The fraction of sp³-hybridized carbons (Fsp3) is 0.500. The van der Waals surface area contributed by atoms with Crippen LogP contribution < -0.4 is 5.73 Å². The maximum absolute atomic E-state index is 10.3. The highest BCUT2D eigenvalue weighted by molar-refractivity contribution is 7.98. The second-order valence-electron chi connectivity index (χ2n) is 1.71. The second-order valence-corrected chi connectivity index (χ2v) is 2.70. The molecule has 9 heavy (non-hydrogen) atoms. The van der Waals surface area contributed by atoms with Crippen LogP contribution in [0.4, 0.5) is 0 Å². The van der Waals surface area contributed by atoms with Crippen molar-refractivity contribution in [3.05, 3.63) is 12.2 Å². The van der Waals surface area contributed by atoms with Crippen LogP contribution >= 0.6 is 11.8 Å². The summed E-state index contributed by atoms with van der Waals surface area (Å²) in [5.74, 6) is 0.533. The smallest absolute Gasteiger partial charge is 0.244 e. The Balaban J connectivity index is 3.39. The molecule has 0 saturated heterocycles. The Morgan fingerprint density at radius 1 is 1.78 bits per heavy atom. The van der Waals surface area contributed by atoms with Gasteiger partial charge in [-0.25, -0.2) is 0 Å². The van der Waals surface area contributed by atoms with Gasteiger partial charge in [0.05, 0.1) is 0 Å². The van der Waals surface area contributed by atoms with Crippen molar-refractivity contribution in [2.75, 3.05) is 12.0 Å². The first-order valence-corrected chi connectivity index (χ1v) is 4.04. The zero-order valence-corrected chi connectivity index (χ0v) is 6.33. The zero-order valence-electron chi connectivity index (χ0n) is 5.52. The molecule has 0 atom stereocenters. The Bertz CT molecular complexity index is 122. The van der Waals surface area contributed by atoms with Gasteiger partial charge in [-0.05, 0) is 18.4 Å². The lowest BCUT2D eigenvalue weighted by Crippen LogP contribution is -2.13. The second kappa shape index (κ2) is 4.44. The molecule has 0 bridgehead atoms. The number of amides is 1. The molecule has 52 valence electrons. The van der Waals surface area contributed by atoms with Crippen molar-refractivity contribution in [3.8, 4) is 0 Å². The van der Waals surface area contributed by atoms with Crippen LogP contribution in [0, 0.1) is 0 Å². The molecule has 0 heterocycles. The highest BCUT2D eigenvalue weighted by Gasteiger charge is 1.98. The van der Waals surface area contributed by atoms with Crippen LogP contribution in [-0.2, 0) is 4.79 Å². The Kier molecular flexibility index (Phi) is 4.22. The molecule has 1 amide bonds. The third-order valence-corrected chi connectivity index (χ3v) is 1.57. The molecule has 0 aromatic heterocycles. The Hall–Kier alpha value is -0.440. The number of primary amides is 1. The van der Waals surface area contributed by atoms with Crippen molar-refractivity contribution >= 4 is 17.7 Å². The van der Waals surface area contributed by atoms with E-state index in [4.69, 9.17) is 5.73 Å². The first-order valence-electron chi connectivity index (χ1n) is 2.65. The van der Waals surface area contributed by atoms with Gasteiger partial charge < -0.3 is 5.73 Å². The molecule has 2 nitrogen and oxygen atoms in total. The molecule has 0 aliphatic rings. The van der Waals surface area contributed by atoms with Crippen LogP contribution in [0.3, 0.4) is 0 Å². The van der Waals surface area contributed by atoms with E-state index in [1.807, 2.05) is 6.26 Å². The lowest BCUT2D eigenvalue weighted by Gasteiger charge is -1.96. The van der Waals surface area contributed by atoms with Crippen molar-refractivity contribution in [1.29, 1.82) is 0 Å². The van der Waals surface area contributed by atoms with E-state index in [0.29, 0.717) is 12.0 Å². The van der Waals surface area contributed by atoms with Crippen LogP contribution in [-0.4, -0.2) is 17.9 Å². The van der Waals surface area contributed by atoms with Crippen molar-refractivity contribution in [2.45, 2.75) is 6.42 Å². The SMILES string of the molecule is C=C(CCSC)C(N)=O. The lowest BCUT2D eigenvalue weighted by molar-refractivity contribution is -0.114. The third kappa shape index (κ3) is 4.09. The van der Waals surface area contributed by atoms with E-state index in [0.717, 1.165) is 5.75 Å². The lowest BCUT2D eigenvalue weighted by atomic mass is 10.2. The molecule has 0 aromatic rings. The van der Waals surface area contributed by atoms with Crippen molar-refractivity contribution in [3.63, 3.8) is 0 Å². The number of hydrogen-bond donors (Lipinski definition) is 1.